The molecule has 1 atom stereocenters. The number of nitrogens with zero attached hydrogens (tertiary/aromatic N) is 1. The molecule has 0 aromatic rings. The molecule has 0 aromatic heterocycles. The van der Waals surface area contributed by atoms with E-state index >= 15 is 0 Å². The second-order valence-corrected chi connectivity index (χ2v) is 2.61. The summed E-state index contributed by atoms with van der Waals surface area (Å²) in [6.45, 7) is 5.73. The maximum Gasteiger partial charge on any atom is 0.222 e. The molecule has 0 aliphatic heterocycles. The van der Waals surface area contributed by atoms with Crippen molar-refractivity contribution in [2.45, 2.75) is 27.2 Å². The van der Waals surface area contributed by atoms with E-state index in [1.807, 2.05) is 13.8 Å². The Kier molecular flexibility index (Phi) is 9.41. The number of rotatable bonds is 3. The van der Waals surface area contributed by atoms with Gasteiger partial charge in [0.1, 0.15) is 6.29 Å². The number of hydrogen-bond acceptors (Lipinski definition) is 2. The summed E-state index contributed by atoms with van der Waals surface area (Å²) in [5, 5.41) is 0. The third-order valence-electron chi connectivity index (χ3n) is 1.23. The smallest absolute Gasteiger partial charge is 0.222 e. The third-order valence-corrected chi connectivity index (χ3v) is 1.23. The largest absolute Gasteiger partial charge is 0.349 e. The highest BCUT2D eigenvalue weighted by Crippen LogP contribution is 1.98. The molecule has 0 saturated heterocycles. The molecule has 0 aliphatic carbocycles. The topological polar surface area (TPSA) is 37.4 Å². The molecular formula is C9H19NO2. The normalized spacial score (nSPS) is 10.8. The van der Waals surface area contributed by atoms with Crippen LogP contribution < -0.4 is 0 Å². The van der Waals surface area contributed by atoms with E-state index in [1.165, 1.54) is 4.90 Å². The summed E-state index contributed by atoms with van der Waals surface area (Å²) in [6.07, 6.45) is 1.11. The first kappa shape index (κ1) is 13.7. The minimum atomic E-state index is -0.158. The first-order valence-electron chi connectivity index (χ1n) is 4.23. The minimum absolute atomic E-state index is 0.000370. The molecule has 0 heterocycles. The van der Waals surface area contributed by atoms with Crippen LogP contribution in [0.25, 0.3) is 0 Å². The van der Waals surface area contributed by atoms with Crippen molar-refractivity contribution in [2.75, 3.05) is 14.1 Å². The maximum absolute atomic E-state index is 10.9. The Morgan fingerprint density at radius 3 is 2.08 bits per heavy atom. The Labute approximate surface area is 74.7 Å². The lowest BCUT2D eigenvalue weighted by Gasteiger charge is -2.10. The van der Waals surface area contributed by atoms with Gasteiger partial charge in [0.15, 0.2) is 0 Å². The van der Waals surface area contributed by atoms with Gasteiger partial charge in [0, 0.05) is 26.4 Å². The van der Waals surface area contributed by atoms with E-state index < -0.39 is 0 Å². The Morgan fingerprint density at radius 1 is 1.42 bits per heavy atom. The highest BCUT2D eigenvalue weighted by molar-refractivity contribution is 5.78. The SMILES string of the molecule is CC.CC(C=O)CC(=O)N(C)C. The zero-order valence-corrected chi connectivity index (χ0v) is 8.63. The van der Waals surface area contributed by atoms with Crippen LogP contribution in [0.15, 0.2) is 0 Å². The van der Waals surface area contributed by atoms with E-state index in [4.69, 9.17) is 0 Å². The highest BCUT2D eigenvalue weighted by atomic mass is 16.2. The number of hydrogen-bond donors (Lipinski definition) is 0. The van der Waals surface area contributed by atoms with Gasteiger partial charge in [-0.3, -0.25) is 4.79 Å². The number of amides is 1. The van der Waals surface area contributed by atoms with Crippen LogP contribution in [0.4, 0.5) is 0 Å². The molecule has 72 valence electrons. The van der Waals surface area contributed by atoms with Crippen molar-refractivity contribution in [1.29, 1.82) is 0 Å². The fraction of sp³-hybridized carbons (Fsp3) is 0.778. The standard InChI is InChI=1S/C7H13NO2.C2H6/c1-6(5-9)4-7(10)8(2)3;1-2/h5-6H,4H2,1-3H3;1-2H3. The van der Waals surface area contributed by atoms with Gasteiger partial charge in [-0.15, -0.1) is 0 Å². The lowest BCUT2D eigenvalue weighted by atomic mass is 10.1. The summed E-state index contributed by atoms with van der Waals surface area (Å²) in [6, 6.07) is 0. The molecule has 0 spiro atoms. The third kappa shape index (κ3) is 7.25. The molecule has 0 saturated carbocycles. The number of carbonyl (C=O) groups is 2. The lowest BCUT2D eigenvalue weighted by molar-refractivity contribution is -0.131. The average Bonchev–Trinajstić information content (AvgIpc) is 2.07. The van der Waals surface area contributed by atoms with Gasteiger partial charge in [-0.05, 0) is 0 Å². The van der Waals surface area contributed by atoms with Crippen LogP contribution in [-0.2, 0) is 9.59 Å². The van der Waals surface area contributed by atoms with Gasteiger partial charge in [-0.25, -0.2) is 0 Å². The van der Waals surface area contributed by atoms with Gasteiger partial charge in [-0.2, -0.15) is 0 Å². The molecule has 0 bridgehead atoms. The predicted octanol–water partition coefficient (Wildman–Crippen LogP) is 1.33. The fourth-order valence-corrected chi connectivity index (χ4v) is 0.506. The Balaban J connectivity index is 0. The van der Waals surface area contributed by atoms with Crippen LogP contribution in [0.1, 0.15) is 27.2 Å². The molecule has 3 nitrogen and oxygen atoms in total. The lowest BCUT2D eigenvalue weighted by Crippen LogP contribution is -2.23. The summed E-state index contributed by atoms with van der Waals surface area (Å²) in [5.41, 5.74) is 0. The zero-order valence-electron chi connectivity index (χ0n) is 8.63. The maximum atomic E-state index is 10.9. The quantitative estimate of drug-likeness (QED) is 0.604. The van der Waals surface area contributed by atoms with Gasteiger partial charge < -0.3 is 9.69 Å². The van der Waals surface area contributed by atoms with Crippen molar-refractivity contribution >= 4 is 12.2 Å². The van der Waals surface area contributed by atoms with Crippen molar-refractivity contribution < 1.29 is 9.59 Å². The summed E-state index contributed by atoms with van der Waals surface area (Å²) in [7, 11) is 3.36. The molecule has 0 aliphatic rings. The highest BCUT2D eigenvalue weighted by Gasteiger charge is 2.08. The van der Waals surface area contributed by atoms with Crippen LogP contribution in [0, 0.1) is 5.92 Å². The second kappa shape index (κ2) is 8.24. The molecule has 3 heteroatoms. The Morgan fingerprint density at radius 2 is 1.83 bits per heavy atom. The van der Waals surface area contributed by atoms with E-state index in [-0.39, 0.29) is 11.8 Å². The molecule has 0 radical (unpaired) electrons. The zero-order chi connectivity index (χ0) is 10.1. The van der Waals surface area contributed by atoms with Crippen molar-refractivity contribution in [3.63, 3.8) is 0 Å². The number of aldehydes is 1. The van der Waals surface area contributed by atoms with E-state index in [2.05, 4.69) is 0 Å². The molecule has 0 rings (SSSR count). The summed E-state index contributed by atoms with van der Waals surface area (Å²) in [4.78, 5) is 22.5. The first-order chi connectivity index (χ1) is 5.57. The molecule has 0 N–H and O–H groups in total. The fourth-order valence-electron chi connectivity index (χ4n) is 0.506. The molecule has 1 amide bonds. The van der Waals surface area contributed by atoms with Gasteiger partial charge in [-0.1, -0.05) is 20.8 Å². The van der Waals surface area contributed by atoms with Crippen LogP contribution in [0.5, 0.6) is 0 Å². The van der Waals surface area contributed by atoms with E-state index in [0.717, 1.165) is 6.29 Å². The van der Waals surface area contributed by atoms with E-state index in [9.17, 15) is 9.59 Å². The average molecular weight is 173 g/mol. The van der Waals surface area contributed by atoms with Crippen molar-refractivity contribution in [2.24, 2.45) is 5.92 Å². The van der Waals surface area contributed by atoms with Crippen LogP contribution in [0.3, 0.4) is 0 Å². The Hall–Kier alpha value is -0.860. The van der Waals surface area contributed by atoms with E-state index in [0.29, 0.717) is 6.42 Å². The van der Waals surface area contributed by atoms with Gasteiger partial charge >= 0.3 is 0 Å². The van der Waals surface area contributed by atoms with Gasteiger partial charge in [0.25, 0.3) is 0 Å². The van der Waals surface area contributed by atoms with Crippen molar-refractivity contribution in [3.8, 4) is 0 Å². The van der Waals surface area contributed by atoms with Crippen LogP contribution in [0.2, 0.25) is 0 Å². The molecular weight excluding hydrogens is 154 g/mol. The summed E-state index contributed by atoms with van der Waals surface area (Å²) < 4.78 is 0. The molecule has 1 unspecified atom stereocenters. The van der Waals surface area contributed by atoms with Crippen LogP contribution >= 0.6 is 0 Å². The number of carbonyl (C=O) groups excluding carboxylic acids is 2. The van der Waals surface area contributed by atoms with Crippen molar-refractivity contribution in [3.05, 3.63) is 0 Å². The minimum Gasteiger partial charge on any atom is -0.349 e. The summed E-state index contributed by atoms with van der Waals surface area (Å²) >= 11 is 0. The first-order valence-corrected chi connectivity index (χ1v) is 4.23. The second-order valence-electron chi connectivity index (χ2n) is 2.61. The monoisotopic (exact) mass is 173 g/mol. The Bertz CT molecular complexity index is 132. The molecule has 0 fully saturated rings. The molecule has 0 aromatic carbocycles. The van der Waals surface area contributed by atoms with Gasteiger partial charge in [0.05, 0.1) is 0 Å². The van der Waals surface area contributed by atoms with Crippen molar-refractivity contribution in [1.82, 2.24) is 4.90 Å². The van der Waals surface area contributed by atoms with Crippen LogP contribution in [-0.4, -0.2) is 31.2 Å². The predicted molar refractivity (Wildman–Crippen MR) is 49.9 cm³/mol. The summed E-state index contributed by atoms with van der Waals surface area (Å²) in [5.74, 6) is -0.158. The van der Waals surface area contributed by atoms with E-state index in [1.54, 1.807) is 21.0 Å². The van der Waals surface area contributed by atoms with Gasteiger partial charge in [0.2, 0.25) is 5.91 Å². The molecule has 12 heavy (non-hydrogen) atoms.